The van der Waals surface area contributed by atoms with Gasteiger partial charge in [-0.2, -0.15) is 0 Å². The average Bonchev–Trinajstić information content (AvgIpc) is 2.67. The third-order valence-electron chi connectivity index (χ3n) is 4.46. The highest BCUT2D eigenvalue weighted by atomic mass is 16.2. The van der Waals surface area contributed by atoms with Crippen LogP contribution in [0.4, 0.5) is 17.2 Å². The second-order valence-corrected chi connectivity index (χ2v) is 6.37. The lowest BCUT2D eigenvalue weighted by molar-refractivity contribution is 0.0980. The van der Waals surface area contributed by atoms with Crippen LogP contribution in [0.15, 0.2) is 60.7 Å². The molecule has 0 saturated carbocycles. The fourth-order valence-corrected chi connectivity index (χ4v) is 3.29. The summed E-state index contributed by atoms with van der Waals surface area (Å²) in [5.74, 6) is 1.11. The van der Waals surface area contributed by atoms with E-state index in [-0.39, 0.29) is 5.91 Å². The van der Waals surface area contributed by atoms with Crippen molar-refractivity contribution in [3.8, 4) is 0 Å². The Hall–Kier alpha value is -3.21. The number of anilines is 3. The molecule has 0 aliphatic carbocycles. The van der Waals surface area contributed by atoms with Crippen molar-refractivity contribution in [1.29, 1.82) is 0 Å². The maximum Gasteiger partial charge on any atom is 0.277 e. The summed E-state index contributed by atoms with van der Waals surface area (Å²) in [7, 11) is 0. The molecule has 1 aliphatic heterocycles. The lowest BCUT2D eigenvalue weighted by Crippen LogP contribution is -2.36. The molecule has 1 N–H and O–H groups in total. The number of carbonyl (C=O) groups excluding carboxylic acids is 1. The molecule has 2 aromatic carbocycles. The van der Waals surface area contributed by atoms with Gasteiger partial charge in [0.2, 0.25) is 0 Å². The van der Waals surface area contributed by atoms with E-state index in [1.807, 2.05) is 53.4 Å². The summed E-state index contributed by atoms with van der Waals surface area (Å²) in [5.41, 5.74) is 3.53. The number of amides is 1. The first kappa shape index (κ1) is 16.3. The minimum Gasteiger partial charge on any atom is -0.340 e. The van der Waals surface area contributed by atoms with E-state index in [4.69, 9.17) is 0 Å². The van der Waals surface area contributed by atoms with Crippen molar-refractivity contribution in [1.82, 2.24) is 9.97 Å². The minimum atomic E-state index is -0.0845. The van der Waals surface area contributed by atoms with E-state index in [1.54, 1.807) is 13.0 Å². The van der Waals surface area contributed by atoms with Gasteiger partial charge in [0.15, 0.2) is 0 Å². The van der Waals surface area contributed by atoms with E-state index in [0.29, 0.717) is 23.9 Å². The van der Waals surface area contributed by atoms with Crippen LogP contribution in [-0.2, 0) is 6.42 Å². The van der Waals surface area contributed by atoms with E-state index < -0.39 is 0 Å². The predicted octanol–water partition coefficient (Wildman–Crippen LogP) is 4.12. The molecule has 0 radical (unpaired) electrons. The van der Waals surface area contributed by atoms with Gasteiger partial charge in [-0.05, 0) is 43.5 Å². The Balaban J connectivity index is 1.65. The zero-order valence-electron chi connectivity index (χ0n) is 14.6. The molecule has 1 amide bonds. The molecule has 0 saturated heterocycles. The first-order chi connectivity index (χ1) is 12.7. The standard InChI is InChI=1S/C21H20N4O/c1-15-22-18(14-20(23-15)24-17-10-3-2-4-11-17)21(26)25-13-7-9-16-8-5-6-12-19(16)25/h2-6,8,10-12,14H,7,9,13H2,1H3,(H,22,23,24). The number of aromatic nitrogens is 2. The number of carbonyl (C=O) groups is 1. The average molecular weight is 344 g/mol. The Kier molecular flexibility index (Phi) is 4.35. The second kappa shape index (κ2) is 6.96. The van der Waals surface area contributed by atoms with Crippen LogP contribution in [0.1, 0.15) is 28.3 Å². The molecule has 26 heavy (non-hydrogen) atoms. The fourth-order valence-electron chi connectivity index (χ4n) is 3.29. The van der Waals surface area contributed by atoms with E-state index in [0.717, 1.165) is 24.2 Å². The monoisotopic (exact) mass is 344 g/mol. The molecule has 0 atom stereocenters. The van der Waals surface area contributed by atoms with Crippen LogP contribution in [0.3, 0.4) is 0 Å². The number of rotatable bonds is 3. The summed E-state index contributed by atoms with van der Waals surface area (Å²) < 4.78 is 0. The molecular formula is C21H20N4O. The van der Waals surface area contributed by atoms with Gasteiger partial charge in [-0.3, -0.25) is 4.79 Å². The zero-order chi connectivity index (χ0) is 17.9. The van der Waals surface area contributed by atoms with Gasteiger partial charge in [0.05, 0.1) is 0 Å². The van der Waals surface area contributed by atoms with Crippen LogP contribution in [0.5, 0.6) is 0 Å². The van der Waals surface area contributed by atoms with Crippen molar-refractivity contribution >= 4 is 23.1 Å². The van der Waals surface area contributed by atoms with Gasteiger partial charge in [0.25, 0.3) is 5.91 Å². The SMILES string of the molecule is Cc1nc(Nc2ccccc2)cc(C(=O)N2CCCc3ccccc32)n1. The van der Waals surface area contributed by atoms with Crippen LogP contribution in [-0.4, -0.2) is 22.4 Å². The Labute approximate surface area is 152 Å². The molecule has 4 rings (SSSR count). The van der Waals surface area contributed by atoms with Gasteiger partial charge in [-0.15, -0.1) is 0 Å². The Morgan fingerprint density at radius 2 is 1.81 bits per heavy atom. The number of para-hydroxylation sites is 2. The normalized spacial score (nSPS) is 13.2. The van der Waals surface area contributed by atoms with Gasteiger partial charge < -0.3 is 10.2 Å². The third kappa shape index (κ3) is 3.28. The number of fused-ring (bicyclic) bond motifs is 1. The summed E-state index contributed by atoms with van der Waals surface area (Å²) >= 11 is 0. The number of aryl methyl sites for hydroxylation is 2. The van der Waals surface area contributed by atoms with Crippen molar-refractivity contribution in [2.75, 3.05) is 16.8 Å². The molecular weight excluding hydrogens is 324 g/mol. The van der Waals surface area contributed by atoms with Crippen LogP contribution in [0, 0.1) is 6.92 Å². The number of hydrogen-bond acceptors (Lipinski definition) is 4. The number of nitrogens with zero attached hydrogens (tertiary/aromatic N) is 3. The van der Waals surface area contributed by atoms with Gasteiger partial charge in [0.1, 0.15) is 17.3 Å². The van der Waals surface area contributed by atoms with E-state index in [1.165, 1.54) is 5.56 Å². The van der Waals surface area contributed by atoms with Gasteiger partial charge in [-0.1, -0.05) is 36.4 Å². The first-order valence-electron chi connectivity index (χ1n) is 8.78. The summed E-state index contributed by atoms with van der Waals surface area (Å²) in [4.78, 5) is 23.7. The van der Waals surface area contributed by atoms with Crippen molar-refractivity contribution in [3.05, 3.63) is 77.7 Å². The summed E-state index contributed by atoms with van der Waals surface area (Å²) in [5, 5.41) is 3.24. The van der Waals surface area contributed by atoms with Gasteiger partial charge in [0, 0.05) is 24.0 Å². The maximum atomic E-state index is 13.1. The molecule has 0 unspecified atom stereocenters. The molecule has 1 aromatic heterocycles. The molecule has 130 valence electrons. The Morgan fingerprint density at radius 1 is 1.04 bits per heavy atom. The summed E-state index contributed by atoms with van der Waals surface area (Å²) in [6.07, 6.45) is 1.96. The van der Waals surface area contributed by atoms with Crippen LogP contribution in [0.2, 0.25) is 0 Å². The fraction of sp³-hybridized carbons (Fsp3) is 0.190. The van der Waals surface area contributed by atoms with Gasteiger partial charge in [-0.25, -0.2) is 9.97 Å². The largest absolute Gasteiger partial charge is 0.340 e. The van der Waals surface area contributed by atoms with Crippen molar-refractivity contribution in [3.63, 3.8) is 0 Å². The van der Waals surface area contributed by atoms with Crippen LogP contribution in [0.25, 0.3) is 0 Å². The van der Waals surface area contributed by atoms with E-state index in [9.17, 15) is 4.79 Å². The maximum absolute atomic E-state index is 13.1. The Morgan fingerprint density at radius 3 is 2.65 bits per heavy atom. The lowest BCUT2D eigenvalue weighted by Gasteiger charge is -2.29. The molecule has 3 aromatic rings. The molecule has 5 heteroatoms. The smallest absolute Gasteiger partial charge is 0.277 e. The summed E-state index contributed by atoms with van der Waals surface area (Å²) in [6, 6.07) is 19.6. The lowest BCUT2D eigenvalue weighted by atomic mass is 10.0. The first-order valence-corrected chi connectivity index (χ1v) is 8.78. The third-order valence-corrected chi connectivity index (χ3v) is 4.46. The molecule has 2 heterocycles. The highest BCUT2D eigenvalue weighted by Crippen LogP contribution is 2.28. The van der Waals surface area contributed by atoms with Crippen molar-refractivity contribution in [2.45, 2.75) is 19.8 Å². The van der Waals surface area contributed by atoms with Crippen molar-refractivity contribution < 1.29 is 4.79 Å². The number of nitrogens with one attached hydrogen (secondary N) is 1. The predicted molar refractivity (Wildman–Crippen MR) is 103 cm³/mol. The molecule has 0 bridgehead atoms. The highest BCUT2D eigenvalue weighted by Gasteiger charge is 2.24. The number of benzene rings is 2. The molecule has 0 spiro atoms. The Bertz CT molecular complexity index is 940. The van der Waals surface area contributed by atoms with E-state index in [2.05, 4.69) is 21.4 Å². The van der Waals surface area contributed by atoms with Crippen LogP contribution >= 0.6 is 0 Å². The van der Waals surface area contributed by atoms with Gasteiger partial charge >= 0.3 is 0 Å². The molecule has 1 aliphatic rings. The summed E-state index contributed by atoms with van der Waals surface area (Å²) in [6.45, 7) is 2.51. The van der Waals surface area contributed by atoms with Crippen molar-refractivity contribution in [2.24, 2.45) is 0 Å². The zero-order valence-corrected chi connectivity index (χ0v) is 14.6. The minimum absolute atomic E-state index is 0.0845. The topological polar surface area (TPSA) is 58.1 Å². The second-order valence-electron chi connectivity index (χ2n) is 6.37. The van der Waals surface area contributed by atoms with Crippen LogP contribution < -0.4 is 10.2 Å². The van der Waals surface area contributed by atoms with E-state index >= 15 is 0 Å². The molecule has 0 fully saturated rings. The quantitative estimate of drug-likeness (QED) is 0.776. The molecule has 5 nitrogen and oxygen atoms in total. The highest BCUT2D eigenvalue weighted by molar-refractivity contribution is 6.05. The number of hydrogen-bond donors (Lipinski definition) is 1.